The van der Waals surface area contributed by atoms with Crippen LogP contribution in [0.5, 0.6) is 0 Å². The Balaban J connectivity index is 1.73. The highest BCUT2D eigenvalue weighted by Gasteiger charge is 2.20. The first-order chi connectivity index (χ1) is 15.2. The summed E-state index contributed by atoms with van der Waals surface area (Å²) < 4.78 is 17.3. The average Bonchev–Trinajstić information content (AvgIpc) is 3.29. The SMILES string of the molecule is Cc1nn(-c2nc(-c3cc(Cl)ccc3F)c(SC(C)C)s2)cc1Cc1ccc(Cl)cc1Cl. The van der Waals surface area contributed by atoms with Gasteiger partial charge in [-0.2, -0.15) is 5.10 Å². The normalized spacial score (nSPS) is 11.5. The lowest BCUT2D eigenvalue weighted by atomic mass is 10.1. The summed E-state index contributed by atoms with van der Waals surface area (Å²) in [7, 11) is 0. The predicted molar refractivity (Wildman–Crippen MR) is 135 cm³/mol. The Bertz CT molecular complexity index is 1280. The van der Waals surface area contributed by atoms with Gasteiger partial charge in [0.15, 0.2) is 0 Å². The maximum absolute atomic E-state index is 14.6. The fourth-order valence-electron chi connectivity index (χ4n) is 3.17. The largest absolute Gasteiger partial charge is 0.217 e. The Morgan fingerprint density at radius 1 is 1.06 bits per heavy atom. The second kappa shape index (κ2) is 9.74. The lowest BCUT2D eigenvalue weighted by molar-refractivity contribution is 0.630. The molecule has 0 atom stereocenters. The molecular formula is C23H19Cl3FN3S2. The average molecular weight is 527 g/mol. The van der Waals surface area contributed by atoms with Gasteiger partial charge in [-0.25, -0.2) is 14.1 Å². The van der Waals surface area contributed by atoms with Crippen LogP contribution in [0.4, 0.5) is 4.39 Å². The fourth-order valence-corrected chi connectivity index (χ4v) is 6.25. The van der Waals surface area contributed by atoms with E-state index in [1.165, 1.54) is 23.5 Å². The Morgan fingerprint density at radius 3 is 2.50 bits per heavy atom. The zero-order valence-corrected chi connectivity index (χ0v) is 21.4. The van der Waals surface area contributed by atoms with Gasteiger partial charge in [0.1, 0.15) is 11.5 Å². The molecule has 4 rings (SSSR count). The van der Waals surface area contributed by atoms with E-state index < -0.39 is 0 Å². The molecule has 0 saturated heterocycles. The number of aryl methyl sites for hydroxylation is 1. The van der Waals surface area contributed by atoms with Crippen LogP contribution in [0, 0.1) is 12.7 Å². The van der Waals surface area contributed by atoms with E-state index in [-0.39, 0.29) is 5.82 Å². The van der Waals surface area contributed by atoms with Gasteiger partial charge in [0.2, 0.25) is 5.13 Å². The number of benzene rings is 2. The van der Waals surface area contributed by atoms with E-state index in [2.05, 4.69) is 18.9 Å². The van der Waals surface area contributed by atoms with Crippen LogP contribution in [-0.2, 0) is 6.42 Å². The van der Waals surface area contributed by atoms with E-state index in [1.807, 2.05) is 25.3 Å². The first-order valence-corrected chi connectivity index (χ1v) is 12.7. The molecule has 0 spiro atoms. The highest BCUT2D eigenvalue weighted by molar-refractivity contribution is 8.01. The van der Waals surface area contributed by atoms with Crippen molar-refractivity contribution in [1.82, 2.24) is 14.8 Å². The molecule has 0 unspecified atom stereocenters. The summed E-state index contributed by atoms with van der Waals surface area (Å²) in [5.74, 6) is -0.355. The number of nitrogens with zero attached hydrogens (tertiary/aromatic N) is 3. The number of thiazole rings is 1. The number of hydrogen-bond donors (Lipinski definition) is 0. The van der Waals surface area contributed by atoms with Gasteiger partial charge < -0.3 is 0 Å². The van der Waals surface area contributed by atoms with Crippen molar-refractivity contribution in [1.29, 1.82) is 0 Å². The Kier molecular flexibility index (Phi) is 7.18. The van der Waals surface area contributed by atoms with E-state index in [1.54, 1.807) is 28.6 Å². The van der Waals surface area contributed by atoms with E-state index in [9.17, 15) is 4.39 Å². The van der Waals surface area contributed by atoms with E-state index in [4.69, 9.17) is 39.8 Å². The topological polar surface area (TPSA) is 30.7 Å². The van der Waals surface area contributed by atoms with Crippen molar-refractivity contribution in [2.45, 2.75) is 36.7 Å². The smallest absolute Gasteiger partial charge is 0.211 e. The van der Waals surface area contributed by atoms with Crippen molar-refractivity contribution in [3.63, 3.8) is 0 Å². The number of halogens is 4. The summed E-state index contributed by atoms with van der Waals surface area (Å²) >= 11 is 21.6. The zero-order valence-electron chi connectivity index (χ0n) is 17.5. The second-order valence-corrected chi connectivity index (χ2v) is 11.6. The maximum Gasteiger partial charge on any atom is 0.211 e. The Morgan fingerprint density at radius 2 is 1.78 bits per heavy atom. The highest BCUT2D eigenvalue weighted by atomic mass is 35.5. The molecule has 166 valence electrons. The second-order valence-electron chi connectivity index (χ2n) is 7.52. The van der Waals surface area contributed by atoms with Gasteiger partial charge in [0, 0.05) is 38.5 Å². The fraction of sp³-hybridized carbons (Fsp3) is 0.217. The minimum absolute atomic E-state index is 0.311. The van der Waals surface area contributed by atoms with Crippen LogP contribution >= 0.6 is 57.9 Å². The number of hydrogen-bond acceptors (Lipinski definition) is 4. The van der Waals surface area contributed by atoms with Gasteiger partial charge in [0.05, 0.1) is 9.90 Å². The molecule has 4 aromatic rings. The summed E-state index contributed by atoms with van der Waals surface area (Å²) in [6.45, 7) is 6.13. The first-order valence-electron chi connectivity index (χ1n) is 9.83. The number of rotatable bonds is 6. The molecular weight excluding hydrogens is 508 g/mol. The van der Waals surface area contributed by atoms with Crippen molar-refractivity contribution in [2.75, 3.05) is 0 Å². The summed E-state index contributed by atoms with van der Waals surface area (Å²) in [4.78, 5) is 4.75. The van der Waals surface area contributed by atoms with Crippen LogP contribution in [0.1, 0.15) is 30.7 Å². The summed E-state index contributed by atoms with van der Waals surface area (Å²) in [6.07, 6.45) is 2.57. The van der Waals surface area contributed by atoms with E-state index in [0.29, 0.717) is 43.1 Å². The lowest BCUT2D eigenvalue weighted by Crippen LogP contribution is -1.94. The highest BCUT2D eigenvalue weighted by Crippen LogP contribution is 2.41. The molecule has 2 heterocycles. The van der Waals surface area contributed by atoms with Crippen LogP contribution < -0.4 is 0 Å². The molecule has 0 N–H and O–H groups in total. The summed E-state index contributed by atoms with van der Waals surface area (Å²) in [5.41, 5.74) is 3.84. The Hall–Kier alpha value is -1.57. The maximum atomic E-state index is 14.6. The molecule has 0 radical (unpaired) electrons. The van der Waals surface area contributed by atoms with Gasteiger partial charge in [-0.1, -0.05) is 66.1 Å². The van der Waals surface area contributed by atoms with Crippen molar-refractivity contribution < 1.29 is 4.39 Å². The standard InChI is InChI=1S/C23H19Cl3FN3S2/c1-12(2)31-22-21(18-9-16(24)6-7-20(18)27)28-23(32-22)30-11-15(13(3)29-30)8-14-4-5-17(25)10-19(14)26/h4-7,9-12H,8H2,1-3H3. The third kappa shape index (κ3) is 5.15. The van der Waals surface area contributed by atoms with Crippen LogP contribution in [0.3, 0.4) is 0 Å². The van der Waals surface area contributed by atoms with Crippen LogP contribution in [-0.4, -0.2) is 20.0 Å². The first kappa shape index (κ1) is 23.6. The quantitative estimate of drug-likeness (QED) is 0.236. The van der Waals surface area contributed by atoms with Crippen LogP contribution in [0.2, 0.25) is 15.1 Å². The molecule has 0 amide bonds. The van der Waals surface area contributed by atoms with E-state index in [0.717, 1.165) is 21.0 Å². The molecule has 0 bridgehead atoms. The summed E-state index contributed by atoms with van der Waals surface area (Å²) in [5, 5.41) is 7.32. The molecule has 0 saturated carbocycles. The van der Waals surface area contributed by atoms with Gasteiger partial charge in [-0.3, -0.25) is 0 Å². The van der Waals surface area contributed by atoms with Crippen molar-refractivity contribution >= 4 is 57.9 Å². The third-order valence-corrected chi connectivity index (χ3v) is 7.78. The number of thioether (sulfide) groups is 1. The molecule has 0 aliphatic rings. The molecule has 32 heavy (non-hydrogen) atoms. The van der Waals surface area contributed by atoms with Gasteiger partial charge in [0.25, 0.3) is 0 Å². The predicted octanol–water partition coefficient (Wildman–Crippen LogP) is 8.49. The van der Waals surface area contributed by atoms with E-state index >= 15 is 0 Å². The molecule has 0 aliphatic heterocycles. The van der Waals surface area contributed by atoms with Crippen molar-refractivity contribution in [3.8, 4) is 16.4 Å². The molecule has 9 heteroatoms. The third-order valence-electron chi connectivity index (χ3n) is 4.70. The lowest BCUT2D eigenvalue weighted by Gasteiger charge is -2.06. The van der Waals surface area contributed by atoms with Gasteiger partial charge >= 0.3 is 0 Å². The molecule has 2 aromatic carbocycles. The molecule has 0 aliphatic carbocycles. The minimum Gasteiger partial charge on any atom is -0.217 e. The van der Waals surface area contributed by atoms with Crippen LogP contribution in [0.15, 0.2) is 46.8 Å². The summed E-state index contributed by atoms with van der Waals surface area (Å²) in [6, 6.07) is 10.00. The Labute approximate surface area is 209 Å². The molecule has 3 nitrogen and oxygen atoms in total. The monoisotopic (exact) mass is 525 g/mol. The van der Waals surface area contributed by atoms with Crippen LogP contribution in [0.25, 0.3) is 16.4 Å². The molecule has 0 fully saturated rings. The minimum atomic E-state index is -0.355. The zero-order chi connectivity index (χ0) is 23.0. The van der Waals surface area contributed by atoms with Gasteiger partial charge in [-0.05, 0) is 48.4 Å². The number of aromatic nitrogens is 3. The van der Waals surface area contributed by atoms with Crippen molar-refractivity contribution in [2.24, 2.45) is 0 Å². The molecule has 2 aromatic heterocycles. The van der Waals surface area contributed by atoms with Crippen molar-refractivity contribution in [3.05, 3.63) is 80.3 Å². The van der Waals surface area contributed by atoms with Gasteiger partial charge in [-0.15, -0.1) is 11.8 Å².